The molecule has 1 unspecified atom stereocenters. The van der Waals surface area contributed by atoms with Crippen molar-refractivity contribution >= 4 is 5.97 Å². The molecule has 1 heterocycles. The average molecular weight is 273 g/mol. The summed E-state index contributed by atoms with van der Waals surface area (Å²) in [6, 6.07) is 9.43. The minimum atomic E-state index is -0.598. The van der Waals surface area contributed by atoms with Crippen LogP contribution < -0.4 is 5.73 Å². The molecule has 0 radical (unpaired) electrons. The number of ether oxygens (including phenoxy) is 1. The van der Waals surface area contributed by atoms with Crippen molar-refractivity contribution in [2.24, 2.45) is 5.73 Å². The van der Waals surface area contributed by atoms with Gasteiger partial charge in [0.1, 0.15) is 6.04 Å². The Morgan fingerprint density at radius 2 is 2.10 bits per heavy atom. The molecule has 0 amide bonds. The Morgan fingerprint density at radius 3 is 2.80 bits per heavy atom. The van der Waals surface area contributed by atoms with Crippen LogP contribution in [-0.4, -0.2) is 28.4 Å². The van der Waals surface area contributed by atoms with Gasteiger partial charge in [0, 0.05) is 18.3 Å². The number of carbonyl (C=O) groups excluding carboxylic acids is 1. The van der Waals surface area contributed by atoms with E-state index in [1.807, 2.05) is 42.7 Å². The Bertz CT molecular complexity index is 551. The number of nitrogens with zero attached hydrogens (tertiary/aromatic N) is 2. The van der Waals surface area contributed by atoms with Crippen molar-refractivity contribution in [2.75, 3.05) is 6.61 Å². The van der Waals surface area contributed by atoms with Crippen LogP contribution in [0.2, 0.25) is 0 Å². The van der Waals surface area contributed by atoms with Gasteiger partial charge >= 0.3 is 5.97 Å². The lowest BCUT2D eigenvalue weighted by Gasteiger charge is -2.10. The highest BCUT2D eigenvalue weighted by atomic mass is 16.5. The van der Waals surface area contributed by atoms with Gasteiger partial charge in [0.05, 0.1) is 12.8 Å². The summed E-state index contributed by atoms with van der Waals surface area (Å²) in [4.78, 5) is 11.4. The molecule has 0 aliphatic rings. The molecular formula is C15H19N3O2. The number of nitrogens with two attached hydrogens (primary N) is 1. The molecule has 1 aromatic heterocycles. The Morgan fingerprint density at radius 1 is 1.35 bits per heavy atom. The number of rotatable bonds is 6. The van der Waals surface area contributed by atoms with Gasteiger partial charge in [0.2, 0.25) is 0 Å². The topological polar surface area (TPSA) is 70.1 Å². The van der Waals surface area contributed by atoms with E-state index in [9.17, 15) is 4.79 Å². The van der Waals surface area contributed by atoms with Gasteiger partial charge in [-0.2, -0.15) is 5.10 Å². The lowest BCUT2D eigenvalue weighted by atomic mass is 10.1. The van der Waals surface area contributed by atoms with Crippen LogP contribution in [-0.2, 0) is 16.1 Å². The van der Waals surface area contributed by atoms with Gasteiger partial charge in [0.25, 0.3) is 0 Å². The van der Waals surface area contributed by atoms with E-state index in [1.165, 1.54) is 0 Å². The van der Waals surface area contributed by atoms with E-state index in [0.29, 0.717) is 19.6 Å². The molecule has 2 N–H and O–H groups in total. The molecule has 0 fully saturated rings. The zero-order valence-electron chi connectivity index (χ0n) is 11.5. The van der Waals surface area contributed by atoms with Crippen molar-refractivity contribution in [3.05, 3.63) is 42.7 Å². The summed E-state index contributed by atoms with van der Waals surface area (Å²) in [5.41, 5.74) is 7.92. The molecule has 2 aromatic rings. The first-order valence-electron chi connectivity index (χ1n) is 6.70. The Kier molecular flexibility index (Phi) is 4.90. The van der Waals surface area contributed by atoms with Gasteiger partial charge in [-0.15, -0.1) is 0 Å². The molecule has 5 heteroatoms. The molecule has 0 bridgehead atoms. The molecule has 0 aliphatic carbocycles. The monoisotopic (exact) mass is 273 g/mol. The van der Waals surface area contributed by atoms with Crippen molar-refractivity contribution in [3.8, 4) is 11.1 Å². The minimum Gasteiger partial charge on any atom is -0.465 e. The molecule has 0 saturated heterocycles. The second-order valence-electron chi connectivity index (χ2n) is 4.51. The zero-order chi connectivity index (χ0) is 14.4. The lowest BCUT2D eigenvalue weighted by Crippen LogP contribution is -2.33. The number of benzene rings is 1. The number of hydrogen-bond acceptors (Lipinski definition) is 4. The van der Waals surface area contributed by atoms with E-state index in [4.69, 9.17) is 10.5 Å². The van der Waals surface area contributed by atoms with Crippen molar-refractivity contribution in [1.82, 2.24) is 9.78 Å². The quantitative estimate of drug-likeness (QED) is 0.815. The van der Waals surface area contributed by atoms with Crippen LogP contribution in [0.15, 0.2) is 42.7 Å². The van der Waals surface area contributed by atoms with Gasteiger partial charge in [-0.3, -0.25) is 9.48 Å². The number of aryl methyl sites for hydroxylation is 1. The Labute approximate surface area is 118 Å². The van der Waals surface area contributed by atoms with E-state index in [1.54, 1.807) is 11.6 Å². The van der Waals surface area contributed by atoms with Crippen molar-refractivity contribution < 1.29 is 9.53 Å². The molecule has 0 aliphatic heterocycles. The van der Waals surface area contributed by atoms with E-state index >= 15 is 0 Å². The summed E-state index contributed by atoms with van der Waals surface area (Å²) in [5.74, 6) is -0.358. The maximum Gasteiger partial charge on any atom is 0.322 e. The molecule has 106 valence electrons. The van der Waals surface area contributed by atoms with E-state index in [2.05, 4.69) is 5.10 Å². The minimum absolute atomic E-state index is 0.354. The van der Waals surface area contributed by atoms with E-state index in [0.717, 1.165) is 11.1 Å². The molecule has 1 atom stereocenters. The van der Waals surface area contributed by atoms with Crippen molar-refractivity contribution in [3.63, 3.8) is 0 Å². The molecule has 1 aromatic carbocycles. The van der Waals surface area contributed by atoms with Gasteiger partial charge in [-0.05, 0) is 18.9 Å². The maximum absolute atomic E-state index is 11.4. The van der Waals surface area contributed by atoms with Crippen molar-refractivity contribution in [1.29, 1.82) is 0 Å². The van der Waals surface area contributed by atoms with Crippen LogP contribution in [0, 0.1) is 0 Å². The van der Waals surface area contributed by atoms with Crippen LogP contribution in [0.5, 0.6) is 0 Å². The van der Waals surface area contributed by atoms with Crippen molar-refractivity contribution in [2.45, 2.75) is 25.9 Å². The molecule has 2 rings (SSSR count). The number of hydrogen-bond donors (Lipinski definition) is 1. The van der Waals surface area contributed by atoms with Crippen LogP contribution in [0.25, 0.3) is 11.1 Å². The van der Waals surface area contributed by atoms with Crippen LogP contribution in [0.1, 0.15) is 13.3 Å². The standard InChI is InChI=1S/C15H19N3O2/c1-2-20-15(19)14(16)8-9-18-11-13(10-17-18)12-6-4-3-5-7-12/h3-7,10-11,14H,2,8-9,16H2,1H3. The number of carbonyl (C=O) groups is 1. The summed E-state index contributed by atoms with van der Waals surface area (Å²) in [6.45, 7) is 2.71. The first kappa shape index (κ1) is 14.3. The summed E-state index contributed by atoms with van der Waals surface area (Å²) < 4.78 is 6.67. The third-order valence-electron chi connectivity index (χ3n) is 3.00. The van der Waals surface area contributed by atoms with Gasteiger partial charge in [-0.1, -0.05) is 30.3 Å². The molecule has 0 saturated carbocycles. The summed E-state index contributed by atoms with van der Waals surface area (Å²) >= 11 is 0. The van der Waals surface area contributed by atoms with Crippen LogP contribution in [0.3, 0.4) is 0 Å². The predicted octanol–water partition coefficient (Wildman–Crippen LogP) is 1.83. The molecule has 0 spiro atoms. The fourth-order valence-corrected chi connectivity index (χ4v) is 1.90. The maximum atomic E-state index is 11.4. The molecule has 5 nitrogen and oxygen atoms in total. The highest BCUT2D eigenvalue weighted by Crippen LogP contribution is 2.17. The average Bonchev–Trinajstić information content (AvgIpc) is 2.95. The van der Waals surface area contributed by atoms with E-state index in [-0.39, 0.29) is 5.97 Å². The summed E-state index contributed by atoms with van der Waals surface area (Å²) in [7, 11) is 0. The summed E-state index contributed by atoms with van der Waals surface area (Å²) in [6.07, 6.45) is 4.27. The lowest BCUT2D eigenvalue weighted by molar-refractivity contribution is -0.144. The molecular weight excluding hydrogens is 254 g/mol. The summed E-state index contributed by atoms with van der Waals surface area (Å²) in [5, 5.41) is 4.28. The highest BCUT2D eigenvalue weighted by molar-refractivity contribution is 5.75. The Balaban J connectivity index is 1.92. The normalized spacial score (nSPS) is 12.1. The first-order chi connectivity index (χ1) is 9.70. The first-order valence-corrected chi connectivity index (χ1v) is 6.70. The number of esters is 1. The predicted molar refractivity (Wildman–Crippen MR) is 76.9 cm³/mol. The third kappa shape index (κ3) is 3.68. The fraction of sp³-hybridized carbons (Fsp3) is 0.333. The highest BCUT2D eigenvalue weighted by Gasteiger charge is 2.14. The van der Waals surface area contributed by atoms with Gasteiger partial charge < -0.3 is 10.5 Å². The second-order valence-corrected chi connectivity index (χ2v) is 4.51. The van der Waals surface area contributed by atoms with Crippen LogP contribution >= 0.6 is 0 Å². The largest absolute Gasteiger partial charge is 0.465 e. The van der Waals surface area contributed by atoms with Gasteiger partial charge in [0.15, 0.2) is 0 Å². The van der Waals surface area contributed by atoms with Gasteiger partial charge in [-0.25, -0.2) is 0 Å². The van der Waals surface area contributed by atoms with Crippen LogP contribution in [0.4, 0.5) is 0 Å². The SMILES string of the molecule is CCOC(=O)C(N)CCn1cc(-c2ccccc2)cn1. The van der Waals surface area contributed by atoms with E-state index < -0.39 is 6.04 Å². The third-order valence-corrected chi connectivity index (χ3v) is 3.00. The zero-order valence-corrected chi connectivity index (χ0v) is 11.5. The molecule has 20 heavy (non-hydrogen) atoms. The Hall–Kier alpha value is -2.14. The second kappa shape index (κ2) is 6.86. The number of aromatic nitrogens is 2. The fourth-order valence-electron chi connectivity index (χ4n) is 1.90. The smallest absolute Gasteiger partial charge is 0.322 e.